The molecule has 21 heavy (non-hydrogen) atoms. The fourth-order valence-electron chi connectivity index (χ4n) is 2.25. The van der Waals surface area contributed by atoms with Gasteiger partial charge in [-0.2, -0.15) is 0 Å². The summed E-state index contributed by atoms with van der Waals surface area (Å²) in [5, 5.41) is 3.81. The van der Waals surface area contributed by atoms with Crippen LogP contribution in [0.25, 0.3) is 5.70 Å². The number of carbonyl (C=O) groups excluding carboxylic acids is 2. The van der Waals surface area contributed by atoms with Gasteiger partial charge in [0.2, 0.25) is 11.6 Å². The van der Waals surface area contributed by atoms with Crippen molar-refractivity contribution in [2.75, 3.05) is 5.32 Å². The topological polar surface area (TPSA) is 46.2 Å². The van der Waals surface area contributed by atoms with Crippen molar-refractivity contribution in [2.45, 2.75) is 6.92 Å². The summed E-state index contributed by atoms with van der Waals surface area (Å²) in [6.45, 7) is 1.92. The van der Waals surface area contributed by atoms with E-state index in [0.717, 1.165) is 16.8 Å². The van der Waals surface area contributed by atoms with Gasteiger partial charge in [-0.1, -0.05) is 41.9 Å². The molecule has 0 spiro atoms. The maximum Gasteiger partial charge on any atom is 0.233 e. The molecule has 104 valence electrons. The summed E-state index contributed by atoms with van der Waals surface area (Å²) in [6, 6.07) is 12.6. The van der Waals surface area contributed by atoms with Crippen molar-refractivity contribution in [3.63, 3.8) is 0 Å². The highest BCUT2D eigenvalue weighted by molar-refractivity contribution is 6.50. The maximum atomic E-state index is 11.9. The molecule has 3 nitrogen and oxygen atoms in total. The number of allylic oxidation sites excluding steroid dienone is 1. The molecule has 1 N–H and O–H groups in total. The molecule has 0 unspecified atom stereocenters. The number of carbonyl (C=O) groups is 2. The predicted octanol–water partition coefficient (Wildman–Crippen LogP) is 3.87. The third-order valence-corrected chi connectivity index (χ3v) is 3.82. The lowest BCUT2D eigenvalue weighted by Crippen LogP contribution is -2.20. The maximum absolute atomic E-state index is 11.9. The number of halogens is 1. The molecule has 0 saturated heterocycles. The lowest BCUT2D eigenvalue weighted by atomic mass is 9.92. The van der Waals surface area contributed by atoms with E-state index >= 15 is 0 Å². The van der Waals surface area contributed by atoms with Gasteiger partial charge in [-0.3, -0.25) is 9.59 Å². The van der Waals surface area contributed by atoms with Gasteiger partial charge in [0.05, 0.1) is 5.70 Å². The van der Waals surface area contributed by atoms with Crippen LogP contribution in [0.5, 0.6) is 0 Å². The molecule has 1 aliphatic carbocycles. The van der Waals surface area contributed by atoms with Gasteiger partial charge in [-0.25, -0.2) is 0 Å². The van der Waals surface area contributed by atoms with Gasteiger partial charge < -0.3 is 5.32 Å². The Morgan fingerprint density at radius 2 is 1.71 bits per heavy atom. The highest BCUT2D eigenvalue weighted by atomic mass is 35.5. The monoisotopic (exact) mass is 297 g/mol. The van der Waals surface area contributed by atoms with Crippen LogP contribution in [0.1, 0.15) is 21.5 Å². The second-order valence-electron chi connectivity index (χ2n) is 4.89. The van der Waals surface area contributed by atoms with E-state index in [1.54, 1.807) is 18.2 Å². The molecule has 2 aromatic rings. The van der Waals surface area contributed by atoms with Crippen molar-refractivity contribution in [3.8, 4) is 0 Å². The molecule has 0 fully saturated rings. The Labute approximate surface area is 127 Å². The normalized spacial score (nSPS) is 13.7. The summed E-state index contributed by atoms with van der Waals surface area (Å²) >= 11 is 6.10. The first-order chi connectivity index (χ1) is 10.1. The number of anilines is 1. The molecule has 0 saturated carbocycles. The van der Waals surface area contributed by atoms with Crippen molar-refractivity contribution in [3.05, 3.63) is 70.3 Å². The minimum atomic E-state index is -0.519. The highest BCUT2D eigenvalue weighted by Crippen LogP contribution is 2.28. The van der Waals surface area contributed by atoms with Crippen LogP contribution in [0, 0.1) is 6.92 Å². The van der Waals surface area contributed by atoms with Gasteiger partial charge >= 0.3 is 0 Å². The number of hydrogen-bond donors (Lipinski definition) is 1. The Bertz CT molecular complexity index is 793. The van der Waals surface area contributed by atoms with Gasteiger partial charge in [0.15, 0.2) is 0 Å². The van der Waals surface area contributed by atoms with Crippen LogP contribution in [-0.4, -0.2) is 11.6 Å². The lowest BCUT2D eigenvalue weighted by molar-refractivity contribution is -0.111. The fraction of sp³-hybridized carbons (Fsp3) is 0.0588. The number of rotatable bonds is 2. The lowest BCUT2D eigenvalue weighted by Gasteiger charge is -2.18. The van der Waals surface area contributed by atoms with E-state index in [0.29, 0.717) is 16.3 Å². The van der Waals surface area contributed by atoms with Gasteiger partial charge in [0.1, 0.15) is 0 Å². The first-order valence-corrected chi connectivity index (χ1v) is 6.87. The standard InChI is InChI=1S/C17H12ClNO2/c1-10-6-7-11(8-14(10)18)19-15-9-16(20)17(21)13-5-3-2-4-12(13)15/h2-9,19H,1H3. The molecule has 0 heterocycles. The van der Waals surface area contributed by atoms with Crippen LogP contribution in [0.15, 0.2) is 48.5 Å². The minimum absolute atomic E-state index is 0.422. The van der Waals surface area contributed by atoms with Crippen molar-refractivity contribution in [1.82, 2.24) is 0 Å². The zero-order chi connectivity index (χ0) is 15.0. The number of Topliss-reactive ketones (excluding diaryl/α,β-unsaturated/α-hetero) is 1. The Kier molecular flexibility index (Phi) is 3.35. The van der Waals surface area contributed by atoms with E-state index in [1.807, 2.05) is 31.2 Å². The number of aryl methyl sites for hydroxylation is 1. The van der Waals surface area contributed by atoms with Gasteiger partial charge in [-0.15, -0.1) is 0 Å². The number of ketones is 2. The van der Waals surface area contributed by atoms with Crippen molar-refractivity contribution < 1.29 is 9.59 Å². The van der Waals surface area contributed by atoms with Crippen LogP contribution in [0.4, 0.5) is 5.69 Å². The molecule has 4 heteroatoms. The van der Waals surface area contributed by atoms with Gasteiger partial charge in [0.25, 0.3) is 0 Å². The first-order valence-electron chi connectivity index (χ1n) is 6.49. The number of fused-ring (bicyclic) bond motifs is 1. The smallest absolute Gasteiger partial charge is 0.233 e. The molecule has 2 aromatic carbocycles. The summed E-state index contributed by atoms with van der Waals surface area (Å²) in [6.07, 6.45) is 1.33. The molecule has 0 aliphatic heterocycles. The van der Waals surface area contributed by atoms with E-state index in [1.165, 1.54) is 6.08 Å². The molecular formula is C17H12ClNO2. The molecule has 0 bridgehead atoms. The second kappa shape index (κ2) is 5.19. The quantitative estimate of drug-likeness (QED) is 0.856. The Hall–Kier alpha value is -2.39. The molecule has 0 amide bonds. The Balaban J connectivity index is 2.02. The van der Waals surface area contributed by atoms with E-state index < -0.39 is 11.6 Å². The minimum Gasteiger partial charge on any atom is -0.355 e. The average molecular weight is 298 g/mol. The SMILES string of the molecule is Cc1ccc(NC2=CC(=O)C(=O)c3ccccc32)cc1Cl. The molecule has 0 radical (unpaired) electrons. The van der Waals surface area contributed by atoms with Crippen LogP contribution in [0.2, 0.25) is 5.02 Å². The fourth-order valence-corrected chi connectivity index (χ4v) is 2.43. The summed E-state index contributed by atoms with van der Waals surface area (Å²) in [4.78, 5) is 23.7. The Morgan fingerprint density at radius 1 is 1.00 bits per heavy atom. The number of benzene rings is 2. The van der Waals surface area contributed by atoms with Crippen LogP contribution < -0.4 is 5.32 Å². The predicted molar refractivity (Wildman–Crippen MR) is 83.6 cm³/mol. The van der Waals surface area contributed by atoms with E-state index in [9.17, 15) is 9.59 Å². The number of nitrogens with one attached hydrogen (secondary N) is 1. The first kappa shape index (κ1) is 13.6. The summed E-state index contributed by atoms with van der Waals surface area (Å²) in [5.74, 6) is -0.993. The van der Waals surface area contributed by atoms with Crippen LogP contribution in [-0.2, 0) is 4.79 Å². The largest absolute Gasteiger partial charge is 0.355 e. The number of hydrogen-bond acceptors (Lipinski definition) is 3. The highest BCUT2D eigenvalue weighted by Gasteiger charge is 2.25. The molecule has 1 aliphatic rings. The van der Waals surface area contributed by atoms with Crippen molar-refractivity contribution >= 4 is 34.6 Å². The van der Waals surface area contributed by atoms with Crippen molar-refractivity contribution in [1.29, 1.82) is 0 Å². The Morgan fingerprint density at radius 3 is 2.43 bits per heavy atom. The van der Waals surface area contributed by atoms with E-state index in [-0.39, 0.29) is 0 Å². The second-order valence-corrected chi connectivity index (χ2v) is 5.29. The van der Waals surface area contributed by atoms with Gasteiger partial charge in [0, 0.05) is 27.9 Å². The molecule has 0 aromatic heterocycles. The van der Waals surface area contributed by atoms with E-state index in [4.69, 9.17) is 11.6 Å². The molecule has 0 atom stereocenters. The third-order valence-electron chi connectivity index (χ3n) is 3.41. The van der Waals surface area contributed by atoms with Crippen molar-refractivity contribution in [2.24, 2.45) is 0 Å². The third kappa shape index (κ3) is 2.48. The summed E-state index contributed by atoms with van der Waals surface area (Å²) in [5.41, 5.74) is 3.50. The molecule has 3 rings (SSSR count). The van der Waals surface area contributed by atoms with Crippen LogP contribution >= 0.6 is 11.6 Å². The van der Waals surface area contributed by atoms with E-state index in [2.05, 4.69) is 5.32 Å². The average Bonchev–Trinajstić information content (AvgIpc) is 2.48. The summed E-state index contributed by atoms with van der Waals surface area (Å²) in [7, 11) is 0. The summed E-state index contributed by atoms with van der Waals surface area (Å²) < 4.78 is 0. The zero-order valence-corrected chi connectivity index (χ0v) is 12.1. The van der Waals surface area contributed by atoms with Crippen LogP contribution in [0.3, 0.4) is 0 Å². The zero-order valence-electron chi connectivity index (χ0n) is 11.3. The van der Waals surface area contributed by atoms with Gasteiger partial charge in [-0.05, 0) is 24.6 Å². The molecular weight excluding hydrogens is 286 g/mol.